The molecule has 1 heterocycles. The van der Waals surface area contributed by atoms with Crippen LogP contribution in [-0.4, -0.2) is 69.7 Å². The first-order valence-electron chi connectivity index (χ1n) is 13.7. The van der Waals surface area contributed by atoms with Crippen molar-refractivity contribution in [2.24, 2.45) is 23.5 Å². The van der Waals surface area contributed by atoms with Crippen molar-refractivity contribution in [2.75, 3.05) is 6.54 Å². The van der Waals surface area contributed by atoms with E-state index in [1.807, 2.05) is 6.92 Å². The molecule has 4 amide bonds. The van der Waals surface area contributed by atoms with Crippen molar-refractivity contribution < 1.29 is 29.0 Å². The van der Waals surface area contributed by atoms with E-state index in [-0.39, 0.29) is 23.7 Å². The van der Waals surface area contributed by atoms with Gasteiger partial charge in [-0.1, -0.05) is 40.0 Å². The summed E-state index contributed by atoms with van der Waals surface area (Å²) in [6.45, 7) is 13.0. The summed E-state index contributed by atoms with van der Waals surface area (Å²) in [5.74, 6) is -1.36. The maximum atomic E-state index is 14.0. The Morgan fingerprint density at radius 2 is 1.65 bits per heavy atom. The molecule has 2 rings (SSSR count). The first kappa shape index (κ1) is 30.9. The maximum absolute atomic E-state index is 14.0. The average Bonchev–Trinajstić information content (AvgIpc) is 3.45. The second-order valence-electron chi connectivity index (χ2n) is 12.3. The number of nitrogens with zero attached hydrogens (tertiary/aromatic N) is 1. The molecule has 0 aromatic rings. The molecule has 0 bridgehead atoms. The molecule has 5 atom stereocenters. The minimum absolute atomic E-state index is 0.0368. The number of alkyl carbamates (subject to hydrolysis) is 1. The second kappa shape index (κ2) is 12.5. The first-order valence-corrected chi connectivity index (χ1v) is 13.7. The Bertz CT molecular complexity index is 831. The molecule has 1 aliphatic carbocycles. The van der Waals surface area contributed by atoms with E-state index >= 15 is 0 Å². The number of nitrogens with two attached hydrogens (primary N) is 1. The predicted molar refractivity (Wildman–Crippen MR) is 140 cm³/mol. The van der Waals surface area contributed by atoms with Crippen LogP contribution >= 0.6 is 0 Å². The summed E-state index contributed by atoms with van der Waals surface area (Å²) in [6, 6.07) is -2.46. The van der Waals surface area contributed by atoms with Crippen LogP contribution in [0, 0.1) is 17.8 Å². The number of rotatable bonds is 10. The predicted octanol–water partition coefficient (Wildman–Crippen LogP) is 2.46. The number of amides is 4. The molecule has 0 aromatic carbocycles. The largest absolute Gasteiger partial charge is 0.444 e. The van der Waals surface area contributed by atoms with Gasteiger partial charge in [-0.25, -0.2) is 4.79 Å². The van der Waals surface area contributed by atoms with Crippen LogP contribution in [0.15, 0.2) is 0 Å². The Morgan fingerprint density at radius 1 is 1.05 bits per heavy atom. The molecule has 0 spiro atoms. The molecule has 1 saturated carbocycles. The first-order chi connectivity index (χ1) is 17.1. The van der Waals surface area contributed by atoms with Crippen molar-refractivity contribution in [3.63, 3.8) is 0 Å². The molecule has 5 unspecified atom stereocenters. The summed E-state index contributed by atoms with van der Waals surface area (Å²) >= 11 is 0. The van der Waals surface area contributed by atoms with E-state index in [0.29, 0.717) is 25.8 Å². The zero-order valence-corrected chi connectivity index (χ0v) is 23.6. The molecule has 0 aromatic heterocycles. The summed E-state index contributed by atoms with van der Waals surface area (Å²) in [5.41, 5.74) is 2.77. The SMILES string of the molecule is CCCC(NC(=O)C1CC(C(C)C)CN1C(=O)C(NC(=O)OC(C)(C)C)C1CCCC1)C(C)(O)C(N)=O. The molecule has 10 nitrogen and oxygen atoms in total. The Kier molecular flexibility index (Phi) is 10.4. The van der Waals surface area contributed by atoms with Gasteiger partial charge in [0.1, 0.15) is 17.7 Å². The van der Waals surface area contributed by atoms with Crippen LogP contribution in [-0.2, 0) is 19.1 Å². The zero-order chi connectivity index (χ0) is 28.1. The van der Waals surface area contributed by atoms with Gasteiger partial charge in [0.05, 0.1) is 6.04 Å². The monoisotopic (exact) mass is 524 g/mol. The molecular formula is C27H48N4O6. The number of hydrogen-bond acceptors (Lipinski definition) is 6. The lowest BCUT2D eigenvalue weighted by Gasteiger charge is -2.35. The van der Waals surface area contributed by atoms with Crippen molar-refractivity contribution in [1.29, 1.82) is 0 Å². The summed E-state index contributed by atoms with van der Waals surface area (Å²) < 4.78 is 5.44. The van der Waals surface area contributed by atoms with Crippen molar-refractivity contribution in [2.45, 2.75) is 123 Å². The summed E-state index contributed by atoms with van der Waals surface area (Å²) in [7, 11) is 0. The van der Waals surface area contributed by atoms with Crippen LogP contribution in [0.1, 0.15) is 93.4 Å². The van der Waals surface area contributed by atoms with E-state index in [2.05, 4.69) is 24.5 Å². The maximum Gasteiger partial charge on any atom is 0.408 e. The third kappa shape index (κ3) is 8.06. The Morgan fingerprint density at radius 3 is 2.14 bits per heavy atom. The Hall–Kier alpha value is -2.36. The van der Waals surface area contributed by atoms with Crippen molar-refractivity contribution in [3.8, 4) is 0 Å². The van der Waals surface area contributed by atoms with Crippen LogP contribution < -0.4 is 16.4 Å². The molecular weight excluding hydrogens is 476 g/mol. The summed E-state index contributed by atoms with van der Waals surface area (Å²) in [5, 5.41) is 16.3. The molecule has 1 saturated heterocycles. The van der Waals surface area contributed by atoms with Crippen LogP contribution in [0.2, 0.25) is 0 Å². The van der Waals surface area contributed by atoms with Crippen molar-refractivity contribution >= 4 is 23.8 Å². The zero-order valence-electron chi connectivity index (χ0n) is 23.6. The number of primary amides is 1. The van der Waals surface area contributed by atoms with Gasteiger partial charge < -0.3 is 31.1 Å². The van der Waals surface area contributed by atoms with E-state index in [1.54, 1.807) is 25.7 Å². The van der Waals surface area contributed by atoms with Gasteiger partial charge in [0, 0.05) is 6.54 Å². The van der Waals surface area contributed by atoms with E-state index in [0.717, 1.165) is 25.7 Å². The Labute approximate surface area is 221 Å². The standard InChI is InChI=1S/C27H48N4O6/c1-8-11-20(27(7,36)24(28)34)29-22(32)19-14-18(16(2)3)15-31(19)23(33)21(17-12-9-10-13-17)30-25(35)37-26(4,5)6/h16-21,36H,8-15H2,1-7H3,(H2,28,34)(H,29,32)(H,30,35). The van der Waals surface area contributed by atoms with E-state index in [9.17, 15) is 24.3 Å². The van der Waals surface area contributed by atoms with Gasteiger partial charge in [0.15, 0.2) is 5.60 Å². The number of carbonyl (C=O) groups excluding carboxylic acids is 4. The molecule has 0 radical (unpaired) electrons. The van der Waals surface area contributed by atoms with Gasteiger partial charge in [-0.05, 0) is 71.1 Å². The van der Waals surface area contributed by atoms with Crippen LogP contribution in [0.5, 0.6) is 0 Å². The minimum atomic E-state index is -1.93. The number of nitrogens with one attached hydrogen (secondary N) is 2. The number of aliphatic hydroxyl groups is 1. The van der Waals surface area contributed by atoms with Crippen molar-refractivity contribution in [1.82, 2.24) is 15.5 Å². The number of likely N-dealkylation sites (tertiary alicyclic amines) is 1. The number of ether oxygens (including phenoxy) is 1. The lowest BCUT2D eigenvalue weighted by atomic mass is 9.90. The molecule has 212 valence electrons. The third-order valence-electron chi connectivity index (χ3n) is 7.74. The van der Waals surface area contributed by atoms with E-state index in [1.165, 1.54) is 6.92 Å². The van der Waals surface area contributed by atoms with Crippen molar-refractivity contribution in [3.05, 3.63) is 0 Å². The fourth-order valence-electron chi connectivity index (χ4n) is 5.35. The van der Waals surface area contributed by atoms with Crippen LogP contribution in [0.3, 0.4) is 0 Å². The minimum Gasteiger partial charge on any atom is -0.444 e. The number of hydrogen-bond donors (Lipinski definition) is 4. The topological polar surface area (TPSA) is 151 Å². The van der Waals surface area contributed by atoms with E-state index < -0.39 is 47.2 Å². The van der Waals surface area contributed by atoms with Gasteiger partial charge in [-0.2, -0.15) is 0 Å². The lowest BCUT2D eigenvalue weighted by Crippen LogP contribution is -2.61. The van der Waals surface area contributed by atoms with Crippen LogP contribution in [0.4, 0.5) is 4.79 Å². The molecule has 2 aliphatic rings. The second-order valence-corrected chi connectivity index (χ2v) is 12.3. The summed E-state index contributed by atoms with van der Waals surface area (Å²) in [4.78, 5) is 53.7. The highest BCUT2D eigenvalue weighted by Crippen LogP contribution is 2.34. The van der Waals surface area contributed by atoms with Crippen LogP contribution in [0.25, 0.3) is 0 Å². The third-order valence-corrected chi connectivity index (χ3v) is 7.74. The average molecular weight is 525 g/mol. The highest BCUT2D eigenvalue weighted by Gasteiger charge is 2.47. The molecule has 1 aliphatic heterocycles. The highest BCUT2D eigenvalue weighted by atomic mass is 16.6. The molecule has 10 heteroatoms. The quantitative estimate of drug-likeness (QED) is 0.345. The van der Waals surface area contributed by atoms with Gasteiger partial charge in [0.25, 0.3) is 5.91 Å². The fraction of sp³-hybridized carbons (Fsp3) is 0.852. The normalized spacial score (nSPS) is 23.9. The molecule has 5 N–H and O–H groups in total. The lowest BCUT2D eigenvalue weighted by molar-refractivity contribution is -0.144. The van der Waals surface area contributed by atoms with Gasteiger partial charge in [0.2, 0.25) is 11.8 Å². The summed E-state index contributed by atoms with van der Waals surface area (Å²) in [6.07, 6.45) is 4.33. The van der Waals surface area contributed by atoms with Gasteiger partial charge in [-0.15, -0.1) is 0 Å². The van der Waals surface area contributed by atoms with E-state index in [4.69, 9.17) is 10.5 Å². The molecule has 37 heavy (non-hydrogen) atoms. The van der Waals surface area contributed by atoms with Gasteiger partial charge in [-0.3, -0.25) is 14.4 Å². The smallest absolute Gasteiger partial charge is 0.408 e. The Balaban J connectivity index is 2.32. The fourth-order valence-corrected chi connectivity index (χ4v) is 5.35. The molecule has 2 fully saturated rings. The van der Waals surface area contributed by atoms with Gasteiger partial charge >= 0.3 is 6.09 Å². The highest BCUT2D eigenvalue weighted by molar-refractivity contribution is 5.93. The number of carbonyl (C=O) groups is 4.